The van der Waals surface area contributed by atoms with E-state index in [9.17, 15) is 9.18 Å². The summed E-state index contributed by atoms with van der Waals surface area (Å²) in [5, 5.41) is 0.479. The smallest absolute Gasteiger partial charge is 0.260 e. The minimum Gasteiger partial charge on any atom is -0.398 e. The van der Waals surface area contributed by atoms with Crippen molar-refractivity contribution in [2.24, 2.45) is 0 Å². The summed E-state index contributed by atoms with van der Waals surface area (Å²) >= 11 is 5.83. The number of hydrogen-bond acceptors (Lipinski definition) is 2. The molecule has 1 aliphatic rings. The van der Waals surface area contributed by atoms with Crippen LogP contribution in [0.3, 0.4) is 0 Å². The zero-order valence-electron chi connectivity index (χ0n) is 10.6. The predicted octanol–water partition coefficient (Wildman–Crippen LogP) is 3.26. The van der Waals surface area contributed by atoms with Crippen molar-refractivity contribution in [3.05, 3.63) is 58.4 Å². The SMILES string of the molecule is Nc1cc(Cl)ccc1C(=O)N1CCc2ccc(F)cc21. The van der Waals surface area contributed by atoms with Gasteiger partial charge >= 0.3 is 0 Å². The van der Waals surface area contributed by atoms with Crippen LogP contribution in [0.4, 0.5) is 15.8 Å². The molecule has 1 heterocycles. The van der Waals surface area contributed by atoms with E-state index in [1.54, 1.807) is 23.1 Å². The van der Waals surface area contributed by atoms with Gasteiger partial charge < -0.3 is 10.6 Å². The van der Waals surface area contributed by atoms with Gasteiger partial charge in [0, 0.05) is 17.3 Å². The number of anilines is 2. The Morgan fingerprint density at radius 2 is 2.05 bits per heavy atom. The molecule has 0 aliphatic carbocycles. The Morgan fingerprint density at radius 3 is 2.80 bits per heavy atom. The Balaban J connectivity index is 1.99. The number of nitrogens with two attached hydrogens (primary N) is 1. The molecule has 3 rings (SSSR count). The Morgan fingerprint density at radius 1 is 1.25 bits per heavy atom. The van der Waals surface area contributed by atoms with Gasteiger partial charge in [-0.3, -0.25) is 4.79 Å². The first-order valence-electron chi connectivity index (χ1n) is 6.21. The molecule has 0 bridgehead atoms. The first kappa shape index (κ1) is 12.9. The minimum atomic E-state index is -0.354. The van der Waals surface area contributed by atoms with Crippen LogP contribution in [0.1, 0.15) is 15.9 Å². The fourth-order valence-corrected chi connectivity index (χ4v) is 2.62. The fourth-order valence-electron chi connectivity index (χ4n) is 2.44. The molecule has 20 heavy (non-hydrogen) atoms. The molecule has 102 valence electrons. The predicted molar refractivity (Wildman–Crippen MR) is 77.6 cm³/mol. The van der Waals surface area contributed by atoms with Crippen LogP contribution in [-0.2, 0) is 6.42 Å². The normalized spacial score (nSPS) is 13.4. The van der Waals surface area contributed by atoms with Crippen LogP contribution >= 0.6 is 11.6 Å². The quantitative estimate of drug-likeness (QED) is 0.819. The van der Waals surface area contributed by atoms with Crippen LogP contribution in [0.25, 0.3) is 0 Å². The van der Waals surface area contributed by atoms with E-state index in [0.717, 1.165) is 12.0 Å². The van der Waals surface area contributed by atoms with Crippen LogP contribution in [0, 0.1) is 5.82 Å². The first-order valence-corrected chi connectivity index (χ1v) is 6.59. The van der Waals surface area contributed by atoms with E-state index in [1.165, 1.54) is 18.2 Å². The highest BCUT2D eigenvalue weighted by Gasteiger charge is 2.27. The van der Waals surface area contributed by atoms with Crippen molar-refractivity contribution in [3.8, 4) is 0 Å². The number of nitrogens with zero attached hydrogens (tertiary/aromatic N) is 1. The highest BCUT2D eigenvalue weighted by molar-refractivity contribution is 6.31. The molecule has 0 atom stereocenters. The summed E-state index contributed by atoms with van der Waals surface area (Å²) in [5.41, 5.74) is 8.12. The number of halogens is 2. The summed E-state index contributed by atoms with van der Waals surface area (Å²) < 4.78 is 13.4. The molecule has 2 aromatic carbocycles. The van der Waals surface area contributed by atoms with Crippen molar-refractivity contribution in [1.82, 2.24) is 0 Å². The summed E-state index contributed by atoms with van der Waals surface area (Å²) in [6, 6.07) is 9.25. The topological polar surface area (TPSA) is 46.3 Å². The van der Waals surface area contributed by atoms with Crippen LogP contribution < -0.4 is 10.6 Å². The lowest BCUT2D eigenvalue weighted by molar-refractivity contribution is 0.0990. The lowest BCUT2D eigenvalue weighted by atomic mass is 10.1. The third kappa shape index (κ3) is 2.12. The summed E-state index contributed by atoms with van der Waals surface area (Å²) in [6.45, 7) is 0.527. The van der Waals surface area contributed by atoms with Crippen LogP contribution in [0.2, 0.25) is 5.02 Å². The number of nitrogen functional groups attached to an aromatic ring is 1. The van der Waals surface area contributed by atoms with Crippen molar-refractivity contribution in [1.29, 1.82) is 0 Å². The van der Waals surface area contributed by atoms with Gasteiger partial charge in [0.2, 0.25) is 0 Å². The summed E-state index contributed by atoms with van der Waals surface area (Å²) in [5.74, 6) is -0.587. The number of rotatable bonds is 1. The van der Waals surface area contributed by atoms with Gasteiger partial charge in [-0.05, 0) is 42.3 Å². The molecule has 2 N–H and O–H groups in total. The average molecular weight is 291 g/mol. The van der Waals surface area contributed by atoms with Crippen LogP contribution in [0.15, 0.2) is 36.4 Å². The lowest BCUT2D eigenvalue weighted by Gasteiger charge is -2.18. The molecule has 0 spiro atoms. The van der Waals surface area contributed by atoms with Gasteiger partial charge in [-0.25, -0.2) is 4.39 Å². The maximum Gasteiger partial charge on any atom is 0.260 e. The van der Waals surface area contributed by atoms with Crippen LogP contribution in [-0.4, -0.2) is 12.5 Å². The van der Waals surface area contributed by atoms with Crippen molar-refractivity contribution in [3.63, 3.8) is 0 Å². The Hall–Kier alpha value is -2.07. The van der Waals surface area contributed by atoms with E-state index in [1.807, 2.05) is 0 Å². The third-order valence-electron chi connectivity index (χ3n) is 3.43. The summed E-state index contributed by atoms with van der Waals surface area (Å²) in [6.07, 6.45) is 0.717. The number of carbonyl (C=O) groups excluding carboxylic acids is 1. The van der Waals surface area contributed by atoms with E-state index in [2.05, 4.69) is 0 Å². The van der Waals surface area contributed by atoms with Crippen molar-refractivity contribution >= 4 is 28.9 Å². The van der Waals surface area contributed by atoms with Crippen molar-refractivity contribution < 1.29 is 9.18 Å². The molecule has 2 aromatic rings. The highest BCUT2D eigenvalue weighted by Crippen LogP contribution is 2.31. The van der Waals surface area contributed by atoms with E-state index in [0.29, 0.717) is 28.5 Å². The molecule has 5 heteroatoms. The summed E-state index contributed by atoms with van der Waals surface area (Å²) in [7, 11) is 0. The van der Waals surface area contributed by atoms with Crippen molar-refractivity contribution in [2.75, 3.05) is 17.2 Å². The van der Waals surface area contributed by atoms with E-state index in [-0.39, 0.29) is 11.7 Å². The Bertz CT molecular complexity index is 702. The second-order valence-electron chi connectivity index (χ2n) is 4.71. The molecule has 1 aliphatic heterocycles. The zero-order chi connectivity index (χ0) is 14.3. The molecule has 0 unspecified atom stereocenters. The first-order chi connectivity index (χ1) is 9.56. The standard InChI is InChI=1S/C15H12ClFN2O/c16-10-2-4-12(13(18)7-10)15(20)19-6-5-9-1-3-11(17)8-14(9)19/h1-4,7-8H,5-6,18H2. The summed E-state index contributed by atoms with van der Waals surface area (Å²) in [4.78, 5) is 14.1. The van der Waals surface area contributed by atoms with Crippen LogP contribution in [0.5, 0.6) is 0 Å². The monoisotopic (exact) mass is 290 g/mol. The molecule has 0 saturated heterocycles. The second kappa shape index (κ2) is 4.80. The van der Waals surface area contributed by atoms with Gasteiger partial charge in [-0.1, -0.05) is 17.7 Å². The highest BCUT2D eigenvalue weighted by atomic mass is 35.5. The number of hydrogen-bond donors (Lipinski definition) is 1. The molecule has 0 aromatic heterocycles. The molecule has 3 nitrogen and oxygen atoms in total. The van der Waals surface area contributed by atoms with Gasteiger partial charge in [0.15, 0.2) is 0 Å². The van der Waals surface area contributed by atoms with Gasteiger partial charge in [0.25, 0.3) is 5.91 Å². The molecular weight excluding hydrogens is 279 g/mol. The molecular formula is C15H12ClFN2O. The minimum absolute atomic E-state index is 0.233. The van der Waals surface area contributed by atoms with E-state index in [4.69, 9.17) is 17.3 Å². The molecule has 0 radical (unpaired) electrons. The van der Waals surface area contributed by atoms with Gasteiger partial charge in [0.05, 0.1) is 11.3 Å². The number of carbonyl (C=O) groups is 1. The largest absolute Gasteiger partial charge is 0.398 e. The molecule has 0 fully saturated rings. The molecule has 1 amide bonds. The van der Waals surface area contributed by atoms with E-state index < -0.39 is 0 Å². The van der Waals surface area contributed by atoms with Gasteiger partial charge in [-0.15, -0.1) is 0 Å². The second-order valence-corrected chi connectivity index (χ2v) is 5.15. The number of amides is 1. The maximum atomic E-state index is 13.4. The van der Waals surface area contributed by atoms with Crippen molar-refractivity contribution in [2.45, 2.75) is 6.42 Å². The third-order valence-corrected chi connectivity index (χ3v) is 3.67. The number of benzene rings is 2. The lowest BCUT2D eigenvalue weighted by Crippen LogP contribution is -2.29. The van der Waals surface area contributed by atoms with Gasteiger partial charge in [-0.2, -0.15) is 0 Å². The number of fused-ring (bicyclic) bond motifs is 1. The maximum absolute atomic E-state index is 13.4. The average Bonchev–Trinajstić information content (AvgIpc) is 2.81. The van der Waals surface area contributed by atoms with Gasteiger partial charge in [0.1, 0.15) is 5.82 Å². The Labute approximate surface area is 120 Å². The Kier molecular flexibility index (Phi) is 3.10. The van der Waals surface area contributed by atoms with E-state index >= 15 is 0 Å². The molecule has 0 saturated carbocycles. The zero-order valence-corrected chi connectivity index (χ0v) is 11.3. The fraction of sp³-hybridized carbons (Fsp3) is 0.133.